The van der Waals surface area contributed by atoms with Gasteiger partial charge in [-0.25, -0.2) is 19.5 Å². The lowest BCUT2D eigenvalue weighted by atomic mass is 10.2. The lowest BCUT2D eigenvalue weighted by Gasteiger charge is -2.25. The van der Waals surface area contributed by atoms with E-state index in [1.807, 2.05) is 30.3 Å². The third-order valence-electron chi connectivity index (χ3n) is 5.05. The number of anilines is 3. The molecule has 0 saturated carbocycles. The molecule has 4 rings (SSSR count). The van der Waals surface area contributed by atoms with Crippen molar-refractivity contribution in [2.24, 2.45) is 0 Å². The predicted octanol–water partition coefficient (Wildman–Crippen LogP) is 4.52. The van der Waals surface area contributed by atoms with Gasteiger partial charge in [-0.15, -0.1) is 0 Å². The van der Waals surface area contributed by atoms with Crippen LogP contribution in [0, 0.1) is 0 Å². The van der Waals surface area contributed by atoms with Gasteiger partial charge in [-0.05, 0) is 57.5 Å². The van der Waals surface area contributed by atoms with Gasteiger partial charge in [0.05, 0.1) is 11.4 Å². The van der Waals surface area contributed by atoms with Crippen molar-refractivity contribution in [3.8, 4) is 0 Å². The Hall–Kier alpha value is -3.72. The molecule has 2 aliphatic heterocycles. The third kappa shape index (κ3) is 4.94. The molecule has 1 saturated heterocycles. The molecule has 4 amide bonds. The van der Waals surface area contributed by atoms with Crippen LogP contribution in [-0.4, -0.2) is 41.7 Å². The highest BCUT2D eigenvalue weighted by Crippen LogP contribution is 2.41. The highest BCUT2D eigenvalue weighted by molar-refractivity contribution is 6.31. The van der Waals surface area contributed by atoms with Gasteiger partial charge in [-0.1, -0.05) is 29.8 Å². The number of halogens is 1. The molecule has 0 bridgehead atoms. The quantitative estimate of drug-likeness (QED) is 0.610. The van der Waals surface area contributed by atoms with E-state index in [0.717, 1.165) is 0 Å². The molecule has 2 aromatic rings. The van der Waals surface area contributed by atoms with E-state index in [-0.39, 0.29) is 11.9 Å². The number of rotatable bonds is 5. The van der Waals surface area contributed by atoms with Gasteiger partial charge in [-0.3, -0.25) is 15.1 Å². The summed E-state index contributed by atoms with van der Waals surface area (Å²) in [4.78, 5) is 41.3. The maximum atomic E-state index is 13.3. The second kappa shape index (κ2) is 9.26. The van der Waals surface area contributed by atoms with Crippen molar-refractivity contribution in [1.82, 2.24) is 15.8 Å². The first-order chi connectivity index (χ1) is 16.1. The maximum Gasteiger partial charge on any atom is 0.407 e. The topological polar surface area (TPSA) is 94.2 Å². The minimum Gasteiger partial charge on any atom is -0.444 e. The molecule has 0 aromatic heterocycles. The Bertz CT molecular complexity index is 1150. The first-order valence-electron chi connectivity index (χ1n) is 10.9. The number of amides is 4. The van der Waals surface area contributed by atoms with Gasteiger partial charge < -0.3 is 10.1 Å². The standard InChI is InChI=1S/C24H26ClN5O4/c1-24(2,3)34-22(32)26-12-7-13-28-23(33)30-18-11-10-16(25)14-19(18)29(17-8-5-4-6-9-17)21(31)15-20(30)27-28/h4-6,8-11,14-15,27H,7,12-13H2,1-3H3,(H,26,32). The van der Waals surface area contributed by atoms with Crippen LogP contribution in [0.3, 0.4) is 0 Å². The number of carbonyl (C=O) groups is 3. The number of ether oxygens (including phenoxy) is 1. The number of urea groups is 1. The van der Waals surface area contributed by atoms with Crippen LogP contribution >= 0.6 is 11.6 Å². The van der Waals surface area contributed by atoms with Gasteiger partial charge in [0.1, 0.15) is 11.4 Å². The maximum absolute atomic E-state index is 13.3. The minimum atomic E-state index is -0.582. The minimum absolute atomic E-state index is 0.308. The molecule has 2 N–H and O–H groups in total. The summed E-state index contributed by atoms with van der Waals surface area (Å²) in [6.45, 7) is 6.00. The van der Waals surface area contributed by atoms with Gasteiger partial charge >= 0.3 is 12.1 Å². The summed E-state index contributed by atoms with van der Waals surface area (Å²) in [6.07, 6.45) is 1.36. The van der Waals surface area contributed by atoms with Crippen molar-refractivity contribution in [3.05, 3.63) is 65.5 Å². The third-order valence-corrected chi connectivity index (χ3v) is 5.29. The molecule has 0 radical (unpaired) electrons. The summed E-state index contributed by atoms with van der Waals surface area (Å²) in [6, 6.07) is 13.9. The van der Waals surface area contributed by atoms with E-state index >= 15 is 0 Å². The fourth-order valence-corrected chi connectivity index (χ4v) is 3.86. The van der Waals surface area contributed by atoms with Gasteiger partial charge in [0, 0.05) is 29.9 Å². The van der Waals surface area contributed by atoms with Crippen molar-refractivity contribution in [2.45, 2.75) is 32.8 Å². The van der Waals surface area contributed by atoms with Gasteiger partial charge in [-0.2, -0.15) is 0 Å². The molecule has 1 fully saturated rings. The van der Waals surface area contributed by atoms with Crippen molar-refractivity contribution in [3.63, 3.8) is 0 Å². The van der Waals surface area contributed by atoms with Crippen LogP contribution in [-0.2, 0) is 9.53 Å². The number of hydrogen-bond donors (Lipinski definition) is 2. The zero-order chi connectivity index (χ0) is 24.5. The zero-order valence-electron chi connectivity index (χ0n) is 19.2. The first-order valence-corrected chi connectivity index (χ1v) is 11.3. The molecule has 0 unspecified atom stereocenters. The largest absolute Gasteiger partial charge is 0.444 e. The Balaban J connectivity index is 1.53. The normalized spacial score (nSPS) is 15.3. The highest BCUT2D eigenvalue weighted by atomic mass is 35.5. The Morgan fingerprint density at radius 1 is 1.06 bits per heavy atom. The van der Waals surface area contributed by atoms with E-state index in [2.05, 4.69) is 10.7 Å². The molecule has 10 heteroatoms. The summed E-state index contributed by atoms with van der Waals surface area (Å²) in [7, 11) is 0. The molecule has 34 heavy (non-hydrogen) atoms. The van der Waals surface area contributed by atoms with E-state index in [9.17, 15) is 14.4 Å². The van der Waals surface area contributed by atoms with Crippen LogP contribution in [0.5, 0.6) is 0 Å². The lowest BCUT2D eigenvalue weighted by molar-refractivity contribution is -0.113. The summed E-state index contributed by atoms with van der Waals surface area (Å²) in [5.74, 6) is 0.0260. The molecule has 2 aromatic carbocycles. The van der Waals surface area contributed by atoms with E-state index in [0.29, 0.717) is 47.4 Å². The SMILES string of the molecule is CC(C)(C)OC(=O)NCCCN1NC2=CC(=O)N(c3ccccc3)c3cc(Cl)ccc3N2C1=O. The Kier molecular flexibility index (Phi) is 6.39. The highest BCUT2D eigenvalue weighted by Gasteiger charge is 2.39. The van der Waals surface area contributed by atoms with E-state index in [1.165, 1.54) is 20.9 Å². The Morgan fingerprint density at radius 3 is 2.50 bits per heavy atom. The van der Waals surface area contributed by atoms with Crippen LogP contribution in [0.1, 0.15) is 27.2 Å². The van der Waals surface area contributed by atoms with Crippen molar-refractivity contribution in [2.75, 3.05) is 22.9 Å². The average molecular weight is 484 g/mol. The molecule has 2 heterocycles. The van der Waals surface area contributed by atoms with Crippen molar-refractivity contribution < 1.29 is 19.1 Å². The zero-order valence-corrected chi connectivity index (χ0v) is 19.9. The monoisotopic (exact) mass is 483 g/mol. The number of carbonyl (C=O) groups excluding carboxylic acids is 3. The number of alkyl carbamates (subject to hydrolysis) is 1. The van der Waals surface area contributed by atoms with Crippen LogP contribution in [0.25, 0.3) is 0 Å². The van der Waals surface area contributed by atoms with Crippen LogP contribution in [0.2, 0.25) is 5.02 Å². The molecule has 2 aliphatic rings. The van der Waals surface area contributed by atoms with Gasteiger partial charge in [0.15, 0.2) is 0 Å². The summed E-state index contributed by atoms with van der Waals surface area (Å²) in [5.41, 5.74) is 4.11. The molecular weight excluding hydrogens is 458 g/mol. The van der Waals surface area contributed by atoms with Crippen LogP contribution in [0.15, 0.2) is 60.4 Å². The molecule has 9 nitrogen and oxygen atoms in total. The summed E-state index contributed by atoms with van der Waals surface area (Å²) < 4.78 is 5.21. The van der Waals surface area contributed by atoms with Gasteiger partial charge in [0.2, 0.25) is 0 Å². The molecule has 178 valence electrons. The van der Waals surface area contributed by atoms with E-state index < -0.39 is 11.7 Å². The molecule has 0 atom stereocenters. The second-order valence-electron chi connectivity index (χ2n) is 8.84. The summed E-state index contributed by atoms with van der Waals surface area (Å²) in [5, 5.41) is 4.53. The Labute approximate surface area is 202 Å². The molecule has 0 aliphatic carbocycles. The van der Waals surface area contributed by atoms with Crippen molar-refractivity contribution >= 4 is 46.7 Å². The number of benzene rings is 2. The number of hydrazine groups is 1. The lowest BCUT2D eigenvalue weighted by Crippen LogP contribution is -2.39. The summed E-state index contributed by atoms with van der Waals surface area (Å²) >= 11 is 6.26. The van der Waals surface area contributed by atoms with Crippen LogP contribution in [0.4, 0.5) is 26.7 Å². The van der Waals surface area contributed by atoms with E-state index in [4.69, 9.17) is 16.3 Å². The number of nitrogens with zero attached hydrogens (tertiary/aromatic N) is 3. The fourth-order valence-electron chi connectivity index (χ4n) is 3.69. The first kappa shape index (κ1) is 23.4. The number of hydrogen-bond acceptors (Lipinski definition) is 5. The number of para-hydroxylation sites is 1. The fraction of sp³-hybridized carbons (Fsp3) is 0.292. The second-order valence-corrected chi connectivity index (χ2v) is 9.27. The van der Waals surface area contributed by atoms with Gasteiger partial charge in [0.25, 0.3) is 5.91 Å². The Morgan fingerprint density at radius 2 is 1.79 bits per heavy atom. The van der Waals surface area contributed by atoms with Crippen molar-refractivity contribution in [1.29, 1.82) is 0 Å². The van der Waals surface area contributed by atoms with Crippen LogP contribution < -0.4 is 20.5 Å². The van der Waals surface area contributed by atoms with E-state index in [1.54, 1.807) is 39.0 Å². The average Bonchev–Trinajstić information content (AvgIpc) is 2.99. The molecule has 0 spiro atoms. The molecular formula is C24H26ClN5O4. The smallest absolute Gasteiger partial charge is 0.407 e. The number of nitrogens with one attached hydrogen (secondary N) is 2. The number of fused-ring (bicyclic) bond motifs is 3. The predicted molar refractivity (Wildman–Crippen MR) is 130 cm³/mol.